The van der Waals surface area contributed by atoms with Crippen molar-refractivity contribution >= 4 is 0 Å². The van der Waals surface area contributed by atoms with Crippen LogP contribution in [0.5, 0.6) is 0 Å². The molecule has 4 saturated carbocycles. The number of fused-ring (bicyclic) bond motifs is 7. The van der Waals surface area contributed by atoms with Crippen LogP contribution in [-0.2, 0) is 33.2 Å². The van der Waals surface area contributed by atoms with Crippen LogP contribution >= 0.6 is 0 Å². The quantitative estimate of drug-likeness (QED) is 0.107. The van der Waals surface area contributed by atoms with Gasteiger partial charge >= 0.3 is 0 Å². The minimum absolute atomic E-state index is 0.0255. The fourth-order valence-corrected chi connectivity index (χ4v) is 14.0. The maximum absolute atomic E-state index is 12.0. The maximum atomic E-state index is 12.0. The highest BCUT2D eigenvalue weighted by Crippen LogP contribution is 2.71. The van der Waals surface area contributed by atoms with Crippen molar-refractivity contribution < 1.29 is 89.3 Å². The predicted molar refractivity (Wildman–Crippen MR) is 218 cm³/mol. The number of ether oxygens (including phenoxy) is 7. The van der Waals surface area contributed by atoms with Gasteiger partial charge in [0, 0.05) is 12.3 Å². The molecular formula is C45H76O18. The molecule has 4 heterocycles. The summed E-state index contributed by atoms with van der Waals surface area (Å²) in [6.07, 6.45) is -11.7. The van der Waals surface area contributed by atoms with Gasteiger partial charge in [0.2, 0.25) is 0 Å². The molecule has 18 nitrogen and oxygen atoms in total. The lowest BCUT2D eigenvalue weighted by Crippen LogP contribution is -2.61. The standard InChI is InChI=1S/C45H76O18/c1-19(17-57-41-38(54)35(51)32(48)28(16-46)61-41)8-13-45(56)20(2)30-27(63-45)15-26-24-7-6-22-14-23(9-11-43(22,4)25(24)10-12-44(26,30)5)60-42-39(55)36(52)33(49)29(62-42)18-58-40-37(53)34(50)31(47)21(3)59-40/h19-42,46-56H,6-18H2,1-5H3/t19-,20-,21+,22+,23-,24+,25+,26+,27-,28+,29+,30-,31+,32+,33+,34-,35-,36-,37+,38+,39+,40+,41+,42+,43+,44-,45+/m1/s1. The Morgan fingerprint density at radius 1 is 0.651 bits per heavy atom. The van der Waals surface area contributed by atoms with Crippen LogP contribution in [0, 0.1) is 52.3 Å². The van der Waals surface area contributed by atoms with Crippen LogP contribution in [0.2, 0.25) is 0 Å². The van der Waals surface area contributed by atoms with Crippen molar-refractivity contribution in [1.29, 1.82) is 0 Å². The summed E-state index contributed by atoms with van der Waals surface area (Å²) in [4.78, 5) is 0. The molecule has 0 spiro atoms. The van der Waals surface area contributed by atoms with Crippen molar-refractivity contribution in [3.63, 3.8) is 0 Å². The topological polar surface area (TPSA) is 287 Å². The Kier molecular flexibility index (Phi) is 14.4. The van der Waals surface area contributed by atoms with Crippen molar-refractivity contribution in [2.45, 2.75) is 209 Å². The Labute approximate surface area is 369 Å². The van der Waals surface area contributed by atoms with E-state index >= 15 is 0 Å². The van der Waals surface area contributed by atoms with Gasteiger partial charge in [0.05, 0.1) is 38.1 Å². The molecule has 0 unspecified atom stereocenters. The van der Waals surface area contributed by atoms with Crippen molar-refractivity contribution in [1.82, 2.24) is 0 Å². The highest BCUT2D eigenvalue weighted by molar-refractivity contribution is 5.15. The zero-order valence-corrected chi connectivity index (χ0v) is 37.3. The van der Waals surface area contributed by atoms with Gasteiger partial charge in [-0.1, -0.05) is 27.7 Å². The lowest BCUT2D eigenvalue weighted by molar-refractivity contribution is -0.336. The minimum atomic E-state index is -1.58. The number of aliphatic hydroxyl groups excluding tert-OH is 10. The van der Waals surface area contributed by atoms with Crippen LogP contribution in [0.4, 0.5) is 0 Å². The van der Waals surface area contributed by atoms with E-state index in [9.17, 15) is 56.2 Å². The first-order valence-corrected chi connectivity index (χ1v) is 23.7. The van der Waals surface area contributed by atoms with Gasteiger partial charge in [-0.15, -0.1) is 0 Å². The molecule has 364 valence electrons. The fourth-order valence-electron chi connectivity index (χ4n) is 14.0. The average Bonchev–Trinajstić information content (AvgIpc) is 3.70. The van der Waals surface area contributed by atoms with Gasteiger partial charge in [-0.25, -0.2) is 0 Å². The zero-order valence-electron chi connectivity index (χ0n) is 37.3. The highest BCUT2D eigenvalue weighted by atomic mass is 16.7. The SMILES string of the molecule is C[C@H](CC[C@]1(O)O[C@@H]2C[C@H]3[C@H]4CC[C@H]5C[C@H](O[C@H]6O[C@@H](CO[C@H]7O[C@@H](C)[C@H](O)[C@@H](O)[C@@H]7O)[C@H](O)[C@@H](O)[C@@H]6O)CC[C@]5(C)[C@H]4CC[C@@]3(C)[C@@H]2[C@H]1C)CO[C@H]1O[C@@H](CO)[C@H](O)[C@@H](O)[C@@H]1O. The Bertz CT molecular complexity index is 1540. The number of aliphatic hydroxyl groups is 11. The van der Waals surface area contributed by atoms with Gasteiger partial charge in [0.25, 0.3) is 0 Å². The third kappa shape index (κ3) is 8.71. The summed E-state index contributed by atoms with van der Waals surface area (Å²) in [6.45, 7) is 9.82. The summed E-state index contributed by atoms with van der Waals surface area (Å²) >= 11 is 0. The molecule has 18 heteroatoms. The third-order valence-corrected chi connectivity index (χ3v) is 17.9. The van der Waals surface area contributed by atoms with Crippen molar-refractivity contribution in [2.75, 3.05) is 19.8 Å². The minimum Gasteiger partial charge on any atom is -0.394 e. The second-order valence-electron chi connectivity index (χ2n) is 21.5. The summed E-state index contributed by atoms with van der Waals surface area (Å²) in [5.74, 6) is 0.753. The van der Waals surface area contributed by atoms with E-state index in [2.05, 4.69) is 20.8 Å². The Morgan fingerprint density at radius 2 is 1.27 bits per heavy atom. The molecule has 4 aliphatic heterocycles. The summed E-state index contributed by atoms with van der Waals surface area (Å²) in [5.41, 5.74) is 0.120. The van der Waals surface area contributed by atoms with Gasteiger partial charge in [-0.3, -0.25) is 0 Å². The first-order chi connectivity index (χ1) is 29.7. The smallest absolute Gasteiger partial charge is 0.186 e. The van der Waals surface area contributed by atoms with E-state index in [1.165, 1.54) is 6.92 Å². The van der Waals surface area contributed by atoms with Gasteiger partial charge < -0.3 is 89.3 Å². The molecule has 4 aliphatic carbocycles. The van der Waals surface area contributed by atoms with E-state index in [-0.39, 0.29) is 54.0 Å². The average molecular weight is 905 g/mol. The molecule has 0 radical (unpaired) electrons. The van der Waals surface area contributed by atoms with Crippen LogP contribution in [0.1, 0.15) is 98.8 Å². The molecule has 8 aliphatic rings. The Morgan fingerprint density at radius 3 is 1.97 bits per heavy atom. The molecule has 0 aromatic rings. The van der Waals surface area contributed by atoms with E-state index in [1.807, 2.05) is 6.92 Å². The number of rotatable bonds is 12. The second kappa shape index (κ2) is 18.6. The van der Waals surface area contributed by atoms with Gasteiger partial charge in [-0.05, 0) is 111 Å². The Hall–Kier alpha value is -0.720. The molecule has 11 N–H and O–H groups in total. The number of hydrogen-bond acceptors (Lipinski definition) is 18. The van der Waals surface area contributed by atoms with E-state index < -0.39 is 105 Å². The van der Waals surface area contributed by atoms with Crippen LogP contribution in [0.15, 0.2) is 0 Å². The molecule has 27 atom stereocenters. The largest absolute Gasteiger partial charge is 0.394 e. The molecular weight excluding hydrogens is 828 g/mol. The van der Waals surface area contributed by atoms with Crippen LogP contribution in [0.3, 0.4) is 0 Å². The molecule has 8 rings (SSSR count). The van der Waals surface area contributed by atoms with Crippen LogP contribution in [-0.4, -0.2) is 186 Å². The van der Waals surface area contributed by atoms with Crippen molar-refractivity contribution in [2.24, 2.45) is 52.3 Å². The van der Waals surface area contributed by atoms with Crippen LogP contribution < -0.4 is 0 Å². The van der Waals surface area contributed by atoms with Gasteiger partial charge in [0.15, 0.2) is 24.7 Å². The van der Waals surface area contributed by atoms with E-state index in [0.717, 1.165) is 51.4 Å². The van der Waals surface area contributed by atoms with E-state index in [0.29, 0.717) is 36.5 Å². The normalized spacial score (nSPS) is 56.3. The first kappa shape index (κ1) is 48.7. The monoisotopic (exact) mass is 905 g/mol. The summed E-state index contributed by atoms with van der Waals surface area (Å²) < 4.78 is 41.5. The molecule has 0 aromatic carbocycles. The highest BCUT2D eigenvalue weighted by Gasteiger charge is 2.68. The van der Waals surface area contributed by atoms with E-state index in [1.54, 1.807) is 0 Å². The summed E-state index contributed by atoms with van der Waals surface area (Å²) in [7, 11) is 0. The van der Waals surface area contributed by atoms with Crippen LogP contribution in [0.25, 0.3) is 0 Å². The number of hydrogen-bond donors (Lipinski definition) is 11. The molecule has 0 bridgehead atoms. The van der Waals surface area contributed by atoms with Crippen molar-refractivity contribution in [3.05, 3.63) is 0 Å². The van der Waals surface area contributed by atoms with Crippen molar-refractivity contribution in [3.8, 4) is 0 Å². The Balaban J connectivity index is 0.834. The molecule has 0 aromatic heterocycles. The second-order valence-corrected chi connectivity index (χ2v) is 21.5. The van der Waals surface area contributed by atoms with E-state index in [4.69, 9.17) is 33.2 Å². The summed E-state index contributed by atoms with van der Waals surface area (Å²) in [6, 6.07) is 0. The molecule has 0 amide bonds. The lowest BCUT2D eigenvalue weighted by atomic mass is 9.44. The molecule has 63 heavy (non-hydrogen) atoms. The van der Waals surface area contributed by atoms with Gasteiger partial charge in [-0.2, -0.15) is 0 Å². The third-order valence-electron chi connectivity index (χ3n) is 17.9. The summed E-state index contributed by atoms with van der Waals surface area (Å²) in [5, 5.41) is 115. The fraction of sp³-hybridized carbons (Fsp3) is 1.00. The zero-order chi connectivity index (χ0) is 45.5. The maximum Gasteiger partial charge on any atom is 0.186 e. The molecule has 8 fully saturated rings. The predicted octanol–water partition coefficient (Wildman–Crippen LogP) is -0.752. The first-order valence-electron chi connectivity index (χ1n) is 23.7. The lowest BCUT2D eigenvalue weighted by Gasteiger charge is -2.61. The van der Waals surface area contributed by atoms with Gasteiger partial charge in [0.1, 0.15) is 67.1 Å². The molecule has 4 saturated heterocycles.